The van der Waals surface area contributed by atoms with E-state index in [1.807, 2.05) is 0 Å². The molecule has 0 bridgehead atoms. The molecule has 0 aromatic heterocycles. The van der Waals surface area contributed by atoms with E-state index in [-0.39, 0.29) is 17.0 Å². The highest BCUT2D eigenvalue weighted by molar-refractivity contribution is 7.89. The van der Waals surface area contributed by atoms with Gasteiger partial charge in [0.15, 0.2) is 0 Å². The van der Waals surface area contributed by atoms with Gasteiger partial charge in [-0.1, -0.05) is 29.8 Å². The maximum atomic E-state index is 12.2. The van der Waals surface area contributed by atoms with Crippen LogP contribution in [0.3, 0.4) is 0 Å². The number of sulfonamides is 1. The zero-order chi connectivity index (χ0) is 16.2. The summed E-state index contributed by atoms with van der Waals surface area (Å²) in [6, 6.07) is 12.5. The van der Waals surface area contributed by atoms with Crippen molar-refractivity contribution < 1.29 is 17.9 Å². The number of esters is 1. The lowest BCUT2D eigenvalue weighted by Crippen LogP contribution is -2.23. The minimum atomic E-state index is -3.72. The van der Waals surface area contributed by atoms with E-state index in [1.54, 1.807) is 24.3 Å². The van der Waals surface area contributed by atoms with Crippen molar-refractivity contribution in [1.29, 1.82) is 0 Å². The van der Waals surface area contributed by atoms with Crippen molar-refractivity contribution in [3.63, 3.8) is 0 Å². The van der Waals surface area contributed by atoms with Crippen LogP contribution in [-0.4, -0.2) is 21.5 Å². The molecule has 0 aliphatic rings. The van der Waals surface area contributed by atoms with Crippen LogP contribution in [0.4, 0.5) is 0 Å². The molecular weight excluding hydrogens is 326 g/mol. The second kappa shape index (κ2) is 6.91. The molecule has 0 fully saturated rings. The van der Waals surface area contributed by atoms with Gasteiger partial charge in [0.2, 0.25) is 10.0 Å². The quantitative estimate of drug-likeness (QED) is 0.850. The lowest BCUT2D eigenvalue weighted by molar-refractivity contribution is 0.0600. The predicted octanol–water partition coefficient (Wildman–Crippen LogP) is 2.61. The summed E-state index contributed by atoms with van der Waals surface area (Å²) in [7, 11) is -2.49. The number of benzene rings is 2. The Balaban J connectivity index is 2.16. The van der Waals surface area contributed by atoms with E-state index >= 15 is 0 Å². The molecule has 2 rings (SSSR count). The fraction of sp³-hybridized carbons (Fsp3) is 0.133. The van der Waals surface area contributed by atoms with Gasteiger partial charge in [0.25, 0.3) is 0 Å². The van der Waals surface area contributed by atoms with Crippen molar-refractivity contribution in [3.05, 3.63) is 64.7 Å². The topological polar surface area (TPSA) is 72.5 Å². The van der Waals surface area contributed by atoms with Gasteiger partial charge in [-0.2, -0.15) is 0 Å². The molecule has 22 heavy (non-hydrogen) atoms. The summed E-state index contributed by atoms with van der Waals surface area (Å²) in [5, 5.41) is 0.581. The summed E-state index contributed by atoms with van der Waals surface area (Å²) in [4.78, 5) is 11.5. The number of carbonyl (C=O) groups excluding carboxylic acids is 1. The van der Waals surface area contributed by atoms with Gasteiger partial charge < -0.3 is 4.74 Å². The van der Waals surface area contributed by atoms with Crippen LogP contribution in [0, 0.1) is 0 Å². The third kappa shape index (κ3) is 4.07. The Bertz CT molecular complexity index is 772. The fourth-order valence-corrected chi connectivity index (χ4v) is 2.96. The van der Waals surface area contributed by atoms with E-state index in [1.165, 1.54) is 31.4 Å². The van der Waals surface area contributed by atoms with Crippen LogP contribution in [-0.2, 0) is 21.3 Å². The minimum absolute atomic E-state index is 0.00404. The number of carbonyl (C=O) groups is 1. The first kappa shape index (κ1) is 16.5. The Labute approximate surface area is 133 Å². The Morgan fingerprint density at radius 1 is 1.18 bits per heavy atom. The Morgan fingerprint density at radius 3 is 2.50 bits per heavy atom. The van der Waals surface area contributed by atoms with Crippen LogP contribution in [0.2, 0.25) is 5.02 Å². The first-order valence-corrected chi connectivity index (χ1v) is 8.21. The molecule has 0 amide bonds. The summed E-state index contributed by atoms with van der Waals surface area (Å²) in [5.74, 6) is -0.588. The molecular formula is C15H14ClNO4S. The maximum absolute atomic E-state index is 12.2. The molecule has 0 saturated carbocycles. The highest BCUT2D eigenvalue weighted by Gasteiger charge is 2.16. The van der Waals surface area contributed by atoms with Gasteiger partial charge in [-0.15, -0.1) is 0 Å². The monoisotopic (exact) mass is 339 g/mol. The summed E-state index contributed by atoms with van der Waals surface area (Å²) < 4.78 is 31.5. The van der Waals surface area contributed by atoms with E-state index < -0.39 is 16.0 Å². The number of ether oxygens (including phenoxy) is 1. The molecule has 0 spiro atoms. The third-order valence-electron chi connectivity index (χ3n) is 2.95. The van der Waals surface area contributed by atoms with Crippen LogP contribution in [0.5, 0.6) is 0 Å². The lowest BCUT2D eigenvalue weighted by atomic mass is 10.2. The largest absolute Gasteiger partial charge is 0.465 e. The standard InChI is InChI=1S/C15H14ClNO4S/c1-21-15(18)12-3-2-4-14(9-12)22(19,20)17-10-11-5-7-13(16)8-6-11/h2-9,17H,10H2,1H3. The van der Waals surface area contributed by atoms with Crippen LogP contribution in [0.25, 0.3) is 0 Å². The average Bonchev–Trinajstić information content (AvgIpc) is 2.54. The zero-order valence-corrected chi connectivity index (χ0v) is 13.3. The van der Waals surface area contributed by atoms with Crippen molar-refractivity contribution in [2.24, 2.45) is 0 Å². The fourth-order valence-electron chi connectivity index (χ4n) is 1.77. The number of hydrogen-bond donors (Lipinski definition) is 1. The van der Waals surface area contributed by atoms with E-state index in [9.17, 15) is 13.2 Å². The van der Waals surface area contributed by atoms with Gasteiger partial charge in [-0.05, 0) is 35.9 Å². The molecule has 0 aliphatic heterocycles. The van der Waals surface area contributed by atoms with Gasteiger partial charge in [0, 0.05) is 11.6 Å². The number of hydrogen-bond acceptors (Lipinski definition) is 4. The number of methoxy groups -OCH3 is 1. The van der Waals surface area contributed by atoms with E-state index in [2.05, 4.69) is 9.46 Å². The molecule has 0 aliphatic carbocycles. The van der Waals surface area contributed by atoms with Gasteiger partial charge in [0.05, 0.1) is 17.6 Å². The highest BCUT2D eigenvalue weighted by atomic mass is 35.5. The molecule has 5 nitrogen and oxygen atoms in total. The third-order valence-corrected chi connectivity index (χ3v) is 4.60. The second-order valence-electron chi connectivity index (χ2n) is 4.47. The normalized spacial score (nSPS) is 11.2. The predicted molar refractivity (Wildman–Crippen MR) is 83.3 cm³/mol. The molecule has 0 saturated heterocycles. The second-order valence-corrected chi connectivity index (χ2v) is 6.67. The lowest BCUT2D eigenvalue weighted by Gasteiger charge is -2.08. The van der Waals surface area contributed by atoms with Crippen molar-refractivity contribution in [1.82, 2.24) is 4.72 Å². The summed E-state index contributed by atoms with van der Waals surface area (Å²) in [6.07, 6.45) is 0. The number of nitrogens with one attached hydrogen (secondary N) is 1. The van der Waals surface area contributed by atoms with E-state index in [0.29, 0.717) is 5.02 Å². The maximum Gasteiger partial charge on any atom is 0.337 e. The molecule has 2 aromatic rings. The highest BCUT2D eigenvalue weighted by Crippen LogP contribution is 2.14. The van der Waals surface area contributed by atoms with Crippen molar-refractivity contribution in [2.45, 2.75) is 11.4 Å². The van der Waals surface area contributed by atoms with Gasteiger partial charge in [-0.3, -0.25) is 0 Å². The Hall–Kier alpha value is -1.89. The molecule has 116 valence electrons. The molecule has 2 aromatic carbocycles. The Kier molecular flexibility index (Phi) is 5.18. The van der Waals surface area contributed by atoms with Crippen LogP contribution in [0.1, 0.15) is 15.9 Å². The van der Waals surface area contributed by atoms with E-state index in [0.717, 1.165) is 5.56 Å². The van der Waals surface area contributed by atoms with Gasteiger partial charge in [0.1, 0.15) is 0 Å². The molecule has 0 heterocycles. The van der Waals surface area contributed by atoms with Crippen LogP contribution >= 0.6 is 11.6 Å². The summed E-state index contributed by atoms with van der Waals surface area (Å²) in [6.45, 7) is 0.127. The van der Waals surface area contributed by atoms with E-state index in [4.69, 9.17) is 11.6 Å². The van der Waals surface area contributed by atoms with Gasteiger partial charge >= 0.3 is 5.97 Å². The first-order chi connectivity index (χ1) is 10.4. The smallest absolute Gasteiger partial charge is 0.337 e. The molecule has 0 atom stereocenters. The summed E-state index contributed by atoms with van der Waals surface area (Å²) >= 11 is 5.78. The summed E-state index contributed by atoms with van der Waals surface area (Å²) in [5.41, 5.74) is 0.953. The molecule has 1 N–H and O–H groups in total. The number of rotatable bonds is 5. The van der Waals surface area contributed by atoms with Crippen molar-refractivity contribution in [2.75, 3.05) is 7.11 Å². The SMILES string of the molecule is COC(=O)c1cccc(S(=O)(=O)NCc2ccc(Cl)cc2)c1. The molecule has 0 radical (unpaired) electrons. The minimum Gasteiger partial charge on any atom is -0.465 e. The molecule has 7 heteroatoms. The van der Waals surface area contributed by atoms with Crippen LogP contribution < -0.4 is 4.72 Å². The first-order valence-electron chi connectivity index (χ1n) is 6.35. The van der Waals surface area contributed by atoms with Crippen LogP contribution in [0.15, 0.2) is 53.4 Å². The van der Waals surface area contributed by atoms with Crippen molar-refractivity contribution in [3.8, 4) is 0 Å². The Morgan fingerprint density at radius 2 is 1.86 bits per heavy atom. The van der Waals surface area contributed by atoms with Gasteiger partial charge in [-0.25, -0.2) is 17.9 Å². The number of halogens is 1. The molecule has 0 unspecified atom stereocenters. The zero-order valence-electron chi connectivity index (χ0n) is 11.7. The average molecular weight is 340 g/mol. The van der Waals surface area contributed by atoms with Crippen molar-refractivity contribution >= 4 is 27.6 Å².